The maximum atomic E-state index is 11.9. The Labute approximate surface area is 132 Å². The van der Waals surface area contributed by atoms with Crippen LogP contribution in [0.5, 0.6) is 0 Å². The van der Waals surface area contributed by atoms with E-state index < -0.39 is 13.5 Å². The van der Waals surface area contributed by atoms with Crippen molar-refractivity contribution in [3.8, 4) is 0 Å². The van der Waals surface area contributed by atoms with Crippen molar-refractivity contribution >= 4 is 6.98 Å². The second-order valence-corrected chi connectivity index (χ2v) is 4.11. The van der Waals surface area contributed by atoms with Gasteiger partial charge in [-0.2, -0.15) is 0 Å². The first kappa shape index (κ1) is 16.5. The second-order valence-electron chi connectivity index (χ2n) is 4.11. The Balaban J connectivity index is 0.00000196. The monoisotopic (exact) mass is 248 g/mol. The van der Waals surface area contributed by atoms with E-state index in [0.717, 1.165) is 32.1 Å². The molecule has 1 rings (SSSR count). The minimum Gasteiger partial charge on any atom is -0.447 e. The molecule has 0 saturated heterocycles. The fraction of sp³-hybridized carbons (Fsp3) is 1.00. The van der Waals surface area contributed by atoms with Crippen molar-refractivity contribution in [3.05, 3.63) is 0 Å². The molecule has 0 bridgehead atoms. The topological polar surface area (TPSA) is 9.23 Å². The summed E-state index contributed by atoms with van der Waals surface area (Å²) in [7, 11) is 0. The van der Waals surface area contributed by atoms with Crippen LogP contribution in [0.4, 0.5) is 12.9 Å². The van der Waals surface area contributed by atoms with Gasteiger partial charge in [0.15, 0.2) is 0 Å². The molecule has 0 aromatic heterocycles. The molecular formula is C9H17BF3KO. The number of halogens is 3. The summed E-state index contributed by atoms with van der Waals surface area (Å²) in [6, 6.07) is 0. The van der Waals surface area contributed by atoms with Crippen molar-refractivity contribution in [2.24, 2.45) is 5.92 Å². The average Bonchev–Trinajstić information content (AvgIpc) is 2.14. The van der Waals surface area contributed by atoms with Crippen LogP contribution in [-0.2, 0) is 4.74 Å². The van der Waals surface area contributed by atoms with Gasteiger partial charge in [-0.15, -0.1) is 0 Å². The zero-order chi connectivity index (χ0) is 10.6. The molecule has 1 aliphatic carbocycles. The number of rotatable bonds is 4. The SMILES string of the molecule is CCC1CCCC(OC[B-](F)(F)F)C1.[K+]. The quantitative estimate of drug-likeness (QED) is 0.653. The predicted octanol–water partition coefficient (Wildman–Crippen LogP) is 0.362. The van der Waals surface area contributed by atoms with E-state index in [9.17, 15) is 12.9 Å². The minimum absolute atomic E-state index is 0. The number of hydrogen-bond acceptors (Lipinski definition) is 1. The van der Waals surface area contributed by atoms with E-state index in [0.29, 0.717) is 5.92 Å². The van der Waals surface area contributed by atoms with Gasteiger partial charge < -0.3 is 17.7 Å². The van der Waals surface area contributed by atoms with E-state index in [1.165, 1.54) is 0 Å². The molecule has 0 spiro atoms. The first-order valence-electron chi connectivity index (χ1n) is 5.34. The van der Waals surface area contributed by atoms with Crippen LogP contribution < -0.4 is 51.4 Å². The normalized spacial score (nSPS) is 27.2. The number of hydrogen-bond donors (Lipinski definition) is 0. The van der Waals surface area contributed by atoms with Crippen LogP contribution in [0.2, 0.25) is 0 Å². The molecule has 0 N–H and O–H groups in total. The maximum absolute atomic E-state index is 11.9. The van der Waals surface area contributed by atoms with Gasteiger partial charge in [-0.25, -0.2) is 0 Å². The van der Waals surface area contributed by atoms with Crippen molar-refractivity contribution < 1.29 is 69.1 Å². The van der Waals surface area contributed by atoms with Crippen molar-refractivity contribution in [1.29, 1.82) is 0 Å². The van der Waals surface area contributed by atoms with Crippen molar-refractivity contribution in [1.82, 2.24) is 0 Å². The second kappa shape index (κ2) is 7.72. The fourth-order valence-electron chi connectivity index (χ4n) is 2.01. The Kier molecular flexibility index (Phi) is 8.46. The first-order valence-corrected chi connectivity index (χ1v) is 5.34. The summed E-state index contributed by atoms with van der Waals surface area (Å²) < 4.78 is 40.7. The Bertz CT molecular complexity index is 177. The third-order valence-electron chi connectivity index (χ3n) is 2.83. The predicted molar refractivity (Wildman–Crippen MR) is 51.1 cm³/mol. The average molecular weight is 248 g/mol. The summed E-state index contributed by atoms with van der Waals surface area (Å²) in [5.41, 5.74) is 0. The van der Waals surface area contributed by atoms with Crippen LogP contribution >= 0.6 is 0 Å². The van der Waals surface area contributed by atoms with Gasteiger partial charge in [0.1, 0.15) is 0 Å². The zero-order valence-electron chi connectivity index (χ0n) is 9.52. The van der Waals surface area contributed by atoms with Crippen LogP contribution in [0.3, 0.4) is 0 Å². The molecule has 0 aromatic carbocycles. The Morgan fingerprint density at radius 1 is 1.27 bits per heavy atom. The summed E-state index contributed by atoms with van der Waals surface area (Å²) in [5.74, 6) is 0.564. The molecule has 15 heavy (non-hydrogen) atoms. The number of ether oxygens (including phenoxy) is 1. The van der Waals surface area contributed by atoms with Crippen LogP contribution in [0.1, 0.15) is 39.0 Å². The van der Waals surface area contributed by atoms with Gasteiger partial charge in [0, 0.05) is 6.51 Å². The van der Waals surface area contributed by atoms with Crippen LogP contribution in [0.15, 0.2) is 0 Å². The van der Waals surface area contributed by atoms with Crippen LogP contribution in [0, 0.1) is 5.92 Å². The molecule has 0 amide bonds. The molecule has 0 aliphatic heterocycles. The van der Waals surface area contributed by atoms with Gasteiger partial charge in [0.25, 0.3) is 0 Å². The largest absolute Gasteiger partial charge is 1.00 e. The minimum atomic E-state index is -4.77. The fourth-order valence-corrected chi connectivity index (χ4v) is 2.01. The zero-order valence-corrected chi connectivity index (χ0v) is 12.6. The van der Waals surface area contributed by atoms with Gasteiger partial charge in [-0.3, -0.25) is 0 Å². The third kappa shape index (κ3) is 7.39. The Morgan fingerprint density at radius 3 is 2.47 bits per heavy atom. The van der Waals surface area contributed by atoms with E-state index in [-0.39, 0.29) is 57.5 Å². The molecule has 1 aliphatic rings. The van der Waals surface area contributed by atoms with Crippen LogP contribution in [-0.4, -0.2) is 19.6 Å². The third-order valence-corrected chi connectivity index (χ3v) is 2.83. The van der Waals surface area contributed by atoms with Gasteiger partial charge >= 0.3 is 58.4 Å². The van der Waals surface area contributed by atoms with E-state index in [4.69, 9.17) is 4.74 Å². The summed E-state index contributed by atoms with van der Waals surface area (Å²) in [5, 5.41) is 0. The molecule has 6 heteroatoms. The Hall–Kier alpha value is 1.45. The van der Waals surface area contributed by atoms with Gasteiger partial charge in [-0.05, 0) is 18.8 Å². The van der Waals surface area contributed by atoms with Crippen LogP contribution in [0.25, 0.3) is 0 Å². The van der Waals surface area contributed by atoms with Gasteiger partial charge in [-0.1, -0.05) is 26.2 Å². The summed E-state index contributed by atoms with van der Waals surface area (Å²) in [4.78, 5) is 0. The van der Waals surface area contributed by atoms with Gasteiger partial charge in [0.2, 0.25) is 0 Å². The molecule has 0 radical (unpaired) electrons. The molecule has 84 valence electrons. The molecule has 2 atom stereocenters. The maximum Gasteiger partial charge on any atom is 1.00 e. The summed E-state index contributed by atoms with van der Waals surface area (Å²) in [6.45, 7) is -3.72. The molecule has 0 heterocycles. The molecule has 1 fully saturated rings. The van der Waals surface area contributed by atoms with E-state index in [2.05, 4.69) is 6.92 Å². The summed E-state index contributed by atoms with van der Waals surface area (Å²) >= 11 is 0. The molecule has 0 aromatic rings. The Morgan fingerprint density at radius 2 is 1.93 bits per heavy atom. The van der Waals surface area contributed by atoms with Crippen molar-refractivity contribution in [3.63, 3.8) is 0 Å². The first-order chi connectivity index (χ1) is 6.51. The van der Waals surface area contributed by atoms with Gasteiger partial charge in [0.05, 0.1) is 6.10 Å². The molecule has 1 saturated carbocycles. The van der Waals surface area contributed by atoms with E-state index in [1.807, 2.05) is 0 Å². The molecule has 1 nitrogen and oxygen atoms in total. The molecule has 2 unspecified atom stereocenters. The van der Waals surface area contributed by atoms with Crippen molar-refractivity contribution in [2.45, 2.75) is 45.1 Å². The van der Waals surface area contributed by atoms with Crippen molar-refractivity contribution in [2.75, 3.05) is 6.51 Å². The summed E-state index contributed by atoms with van der Waals surface area (Å²) in [6.07, 6.45) is 4.65. The van der Waals surface area contributed by atoms with E-state index >= 15 is 0 Å². The smallest absolute Gasteiger partial charge is 0.447 e. The van der Waals surface area contributed by atoms with E-state index in [1.54, 1.807) is 0 Å². The standard InChI is InChI=1S/C9H17BF3O.K/c1-2-8-4-3-5-9(6-8)14-7-10(11,12)13;/h8-9H,2-7H2,1H3;/q-1;+1. The molecular weight excluding hydrogens is 231 g/mol.